The highest BCUT2D eigenvalue weighted by atomic mass is 15.2. The van der Waals surface area contributed by atoms with Crippen molar-refractivity contribution in [1.29, 1.82) is 0 Å². The van der Waals surface area contributed by atoms with Gasteiger partial charge in [0.25, 0.3) is 0 Å². The number of nitrogens with zero attached hydrogens (tertiary/aromatic N) is 3. The maximum absolute atomic E-state index is 6.01. The molecule has 4 heteroatoms. The van der Waals surface area contributed by atoms with Crippen LogP contribution in [0.5, 0.6) is 0 Å². The molecule has 0 amide bonds. The lowest BCUT2D eigenvalue weighted by molar-refractivity contribution is 0.554. The van der Waals surface area contributed by atoms with Crippen LogP contribution >= 0.6 is 0 Å². The van der Waals surface area contributed by atoms with Crippen LogP contribution in [0.2, 0.25) is 0 Å². The summed E-state index contributed by atoms with van der Waals surface area (Å²) < 4.78 is 0. The Kier molecular flexibility index (Phi) is 3.88. The van der Waals surface area contributed by atoms with Crippen molar-refractivity contribution in [3.63, 3.8) is 0 Å². The van der Waals surface area contributed by atoms with Gasteiger partial charge in [0, 0.05) is 30.9 Å². The molecule has 1 aliphatic rings. The average Bonchev–Trinajstić information content (AvgIpc) is 2.52. The van der Waals surface area contributed by atoms with Crippen LogP contribution in [0.25, 0.3) is 0 Å². The molecular formula is C17H22N4. The molecule has 0 aliphatic carbocycles. The van der Waals surface area contributed by atoms with Gasteiger partial charge in [-0.15, -0.1) is 0 Å². The second kappa shape index (κ2) is 5.82. The van der Waals surface area contributed by atoms with Gasteiger partial charge in [-0.2, -0.15) is 0 Å². The van der Waals surface area contributed by atoms with E-state index in [0.29, 0.717) is 12.6 Å². The first-order valence-corrected chi connectivity index (χ1v) is 7.59. The Labute approximate surface area is 126 Å². The first-order valence-electron chi connectivity index (χ1n) is 7.59. The van der Waals surface area contributed by atoms with Crippen LogP contribution in [0.1, 0.15) is 29.6 Å². The predicted octanol–water partition coefficient (Wildman–Crippen LogP) is 2.24. The smallest absolute Gasteiger partial charge is 0.133 e. The fourth-order valence-corrected chi connectivity index (χ4v) is 3.01. The lowest BCUT2D eigenvalue weighted by atomic mass is 9.94. The number of fused-ring (bicyclic) bond motifs is 1. The summed E-state index contributed by atoms with van der Waals surface area (Å²) in [5.41, 5.74) is 9.88. The van der Waals surface area contributed by atoms with Crippen molar-refractivity contribution in [2.24, 2.45) is 5.73 Å². The number of hydrogen-bond donors (Lipinski definition) is 1. The van der Waals surface area contributed by atoms with E-state index in [1.807, 2.05) is 6.92 Å². The highest BCUT2D eigenvalue weighted by Crippen LogP contribution is 2.27. The van der Waals surface area contributed by atoms with Crippen LogP contribution in [-0.2, 0) is 19.4 Å². The van der Waals surface area contributed by atoms with Gasteiger partial charge in [0.15, 0.2) is 0 Å². The zero-order valence-corrected chi connectivity index (χ0v) is 12.7. The highest BCUT2D eigenvalue weighted by molar-refractivity contribution is 5.47. The van der Waals surface area contributed by atoms with Gasteiger partial charge < -0.3 is 10.6 Å². The molecule has 0 saturated carbocycles. The van der Waals surface area contributed by atoms with Gasteiger partial charge in [-0.05, 0) is 30.9 Å². The molecule has 1 atom stereocenters. The van der Waals surface area contributed by atoms with Gasteiger partial charge in [-0.1, -0.05) is 31.2 Å². The maximum Gasteiger partial charge on any atom is 0.133 e. The molecule has 4 nitrogen and oxygen atoms in total. The Morgan fingerprint density at radius 2 is 2.00 bits per heavy atom. The van der Waals surface area contributed by atoms with E-state index in [-0.39, 0.29) is 0 Å². The molecule has 110 valence electrons. The normalized spacial score (nSPS) is 17.7. The third-order valence-electron chi connectivity index (χ3n) is 4.16. The fraction of sp³-hybridized carbons (Fsp3) is 0.412. The maximum atomic E-state index is 6.01. The van der Waals surface area contributed by atoms with E-state index >= 15 is 0 Å². The van der Waals surface area contributed by atoms with Crippen LogP contribution in [-0.4, -0.2) is 22.6 Å². The van der Waals surface area contributed by atoms with E-state index in [2.05, 4.69) is 52.1 Å². The number of benzene rings is 1. The molecule has 21 heavy (non-hydrogen) atoms. The molecule has 0 fully saturated rings. The SMILES string of the molecule is CCc1cc(N2Cc3ccccc3CC2CN)nc(C)n1. The monoisotopic (exact) mass is 282 g/mol. The van der Waals surface area contributed by atoms with Crippen molar-refractivity contribution in [3.8, 4) is 0 Å². The summed E-state index contributed by atoms with van der Waals surface area (Å²) in [6.45, 7) is 5.59. The Morgan fingerprint density at radius 1 is 1.24 bits per heavy atom. The molecule has 2 aromatic rings. The summed E-state index contributed by atoms with van der Waals surface area (Å²) in [5, 5.41) is 0. The standard InChI is InChI=1S/C17H22N4/c1-3-15-9-17(20-12(2)19-15)21-11-14-7-5-4-6-13(14)8-16(21)10-18/h4-7,9,16H,3,8,10-11,18H2,1-2H3. The Balaban J connectivity index is 1.99. The van der Waals surface area contributed by atoms with E-state index in [4.69, 9.17) is 5.73 Å². The van der Waals surface area contributed by atoms with Gasteiger partial charge >= 0.3 is 0 Å². The zero-order chi connectivity index (χ0) is 14.8. The lowest BCUT2D eigenvalue weighted by Crippen LogP contribution is -2.45. The molecular weight excluding hydrogens is 260 g/mol. The van der Waals surface area contributed by atoms with Crippen LogP contribution in [0.3, 0.4) is 0 Å². The van der Waals surface area contributed by atoms with Gasteiger partial charge in [-0.3, -0.25) is 0 Å². The van der Waals surface area contributed by atoms with E-state index in [0.717, 1.165) is 36.7 Å². The minimum absolute atomic E-state index is 0.305. The van der Waals surface area contributed by atoms with Gasteiger partial charge in [-0.25, -0.2) is 9.97 Å². The van der Waals surface area contributed by atoms with Crippen molar-refractivity contribution in [3.05, 3.63) is 53.0 Å². The van der Waals surface area contributed by atoms with Crippen molar-refractivity contribution in [1.82, 2.24) is 9.97 Å². The number of anilines is 1. The van der Waals surface area contributed by atoms with E-state index in [1.54, 1.807) is 0 Å². The summed E-state index contributed by atoms with van der Waals surface area (Å²) in [7, 11) is 0. The number of hydrogen-bond acceptors (Lipinski definition) is 4. The van der Waals surface area contributed by atoms with Crippen molar-refractivity contribution in [2.45, 2.75) is 39.3 Å². The molecule has 2 heterocycles. The zero-order valence-electron chi connectivity index (χ0n) is 12.7. The van der Waals surface area contributed by atoms with Gasteiger partial charge in [0.05, 0.1) is 0 Å². The van der Waals surface area contributed by atoms with Crippen LogP contribution in [0, 0.1) is 6.92 Å². The molecule has 0 spiro atoms. The van der Waals surface area contributed by atoms with E-state index in [1.165, 1.54) is 11.1 Å². The fourth-order valence-electron chi connectivity index (χ4n) is 3.01. The van der Waals surface area contributed by atoms with Gasteiger partial charge in [0.1, 0.15) is 11.6 Å². The van der Waals surface area contributed by atoms with Crippen molar-refractivity contribution >= 4 is 5.82 Å². The van der Waals surface area contributed by atoms with Crippen molar-refractivity contribution < 1.29 is 0 Å². The first kappa shape index (κ1) is 14.0. The largest absolute Gasteiger partial charge is 0.348 e. The van der Waals surface area contributed by atoms with E-state index in [9.17, 15) is 0 Å². The molecule has 0 bridgehead atoms. The third kappa shape index (κ3) is 2.76. The topological polar surface area (TPSA) is 55.0 Å². The minimum Gasteiger partial charge on any atom is -0.348 e. The summed E-state index contributed by atoms with van der Waals surface area (Å²) in [6.07, 6.45) is 1.91. The summed E-state index contributed by atoms with van der Waals surface area (Å²) in [5.74, 6) is 1.84. The summed E-state index contributed by atoms with van der Waals surface area (Å²) in [6, 6.07) is 11.0. The number of nitrogens with two attached hydrogens (primary N) is 1. The molecule has 1 unspecified atom stereocenters. The molecule has 0 radical (unpaired) electrons. The highest BCUT2D eigenvalue weighted by Gasteiger charge is 2.26. The first-order chi connectivity index (χ1) is 10.2. The summed E-state index contributed by atoms with van der Waals surface area (Å²) in [4.78, 5) is 11.4. The number of rotatable bonds is 3. The molecule has 1 aromatic carbocycles. The second-order valence-corrected chi connectivity index (χ2v) is 5.61. The third-order valence-corrected chi connectivity index (χ3v) is 4.16. The lowest BCUT2D eigenvalue weighted by Gasteiger charge is -2.37. The second-order valence-electron chi connectivity index (χ2n) is 5.61. The Morgan fingerprint density at radius 3 is 2.71 bits per heavy atom. The van der Waals surface area contributed by atoms with Crippen molar-refractivity contribution in [2.75, 3.05) is 11.4 Å². The Bertz CT molecular complexity index is 638. The van der Waals surface area contributed by atoms with E-state index < -0.39 is 0 Å². The Hall–Kier alpha value is -1.94. The number of aryl methyl sites for hydroxylation is 2. The quantitative estimate of drug-likeness (QED) is 0.938. The molecule has 1 aliphatic heterocycles. The van der Waals surface area contributed by atoms with Crippen LogP contribution < -0.4 is 10.6 Å². The van der Waals surface area contributed by atoms with Crippen LogP contribution in [0.4, 0.5) is 5.82 Å². The van der Waals surface area contributed by atoms with Gasteiger partial charge in [0.2, 0.25) is 0 Å². The molecule has 0 saturated heterocycles. The molecule has 2 N–H and O–H groups in total. The summed E-state index contributed by atoms with van der Waals surface area (Å²) >= 11 is 0. The number of aromatic nitrogens is 2. The molecule has 1 aromatic heterocycles. The molecule has 3 rings (SSSR count). The average molecular weight is 282 g/mol. The predicted molar refractivity (Wildman–Crippen MR) is 85.3 cm³/mol. The van der Waals surface area contributed by atoms with Crippen LogP contribution in [0.15, 0.2) is 30.3 Å². The minimum atomic E-state index is 0.305.